The summed E-state index contributed by atoms with van der Waals surface area (Å²) in [7, 11) is 1.32. The van der Waals surface area contributed by atoms with Gasteiger partial charge in [-0.25, -0.2) is 4.79 Å². The van der Waals surface area contributed by atoms with Gasteiger partial charge in [-0.3, -0.25) is 4.98 Å². The maximum absolute atomic E-state index is 11.7. The third kappa shape index (κ3) is 3.27. The molecular weight excluding hydrogens is 278 g/mol. The van der Waals surface area contributed by atoms with Gasteiger partial charge >= 0.3 is 5.97 Å². The molecule has 0 fully saturated rings. The van der Waals surface area contributed by atoms with Gasteiger partial charge in [0.25, 0.3) is 0 Å². The van der Waals surface area contributed by atoms with Crippen molar-refractivity contribution in [3.05, 3.63) is 58.4 Å². The zero-order valence-electron chi connectivity index (χ0n) is 11.2. The van der Waals surface area contributed by atoms with E-state index in [2.05, 4.69) is 4.98 Å². The zero-order chi connectivity index (χ0) is 14.5. The van der Waals surface area contributed by atoms with Gasteiger partial charge in [-0.2, -0.15) is 0 Å². The maximum Gasteiger partial charge on any atom is 0.341 e. The smallest absolute Gasteiger partial charge is 0.341 e. The number of pyridine rings is 1. The predicted octanol–water partition coefficient (Wildman–Crippen LogP) is 3.41. The molecule has 0 saturated carbocycles. The average molecular weight is 292 g/mol. The molecule has 0 saturated heterocycles. The lowest BCUT2D eigenvalue weighted by molar-refractivity contribution is 0.0595. The number of halogens is 1. The highest BCUT2D eigenvalue weighted by atomic mass is 35.5. The highest BCUT2D eigenvalue weighted by Crippen LogP contribution is 2.24. The van der Waals surface area contributed by atoms with Crippen LogP contribution in [0.4, 0.5) is 0 Å². The normalized spacial score (nSPS) is 10.2. The maximum atomic E-state index is 11.7. The van der Waals surface area contributed by atoms with Gasteiger partial charge in [0.15, 0.2) is 0 Å². The van der Waals surface area contributed by atoms with E-state index in [0.29, 0.717) is 16.3 Å². The summed E-state index contributed by atoms with van der Waals surface area (Å²) >= 11 is 5.88. The van der Waals surface area contributed by atoms with Gasteiger partial charge in [-0.1, -0.05) is 17.7 Å². The number of aryl methyl sites for hydroxylation is 1. The molecular formula is C15H14ClNO3. The van der Waals surface area contributed by atoms with Crippen molar-refractivity contribution in [3.8, 4) is 5.75 Å². The Morgan fingerprint density at radius 2 is 2.15 bits per heavy atom. The van der Waals surface area contributed by atoms with Crippen LogP contribution in [0.1, 0.15) is 21.6 Å². The number of hydrogen-bond acceptors (Lipinski definition) is 4. The van der Waals surface area contributed by atoms with E-state index in [4.69, 9.17) is 21.1 Å². The fourth-order valence-electron chi connectivity index (χ4n) is 1.71. The Morgan fingerprint density at radius 3 is 2.85 bits per heavy atom. The summed E-state index contributed by atoms with van der Waals surface area (Å²) in [5.74, 6) is -0.0634. The fraction of sp³-hybridized carbons (Fsp3) is 0.200. The SMILES string of the molecule is COC(=O)c1cc(Cl)ccc1OCc1ncccc1C. The molecule has 5 heteroatoms. The minimum atomic E-state index is -0.486. The van der Waals surface area contributed by atoms with Gasteiger partial charge in [0.2, 0.25) is 0 Å². The van der Waals surface area contributed by atoms with E-state index < -0.39 is 5.97 Å². The molecule has 1 aromatic carbocycles. The van der Waals surface area contributed by atoms with Gasteiger partial charge in [0.05, 0.1) is 12.8 Å². The van der Waals surface area contributed by atoms with E-state index in [1.165, 1.54) is 13.2 Å². The van der Waals surface area contributed by atoms with Crippen LogP contribution >= 0.6 is 11.6 Å². The second kappa shape index (κ2) is 6.39. The number of aromatic nitrogens is 1. The fourth-order valence-corrected chi connectivity index (χ4v) is 1.89. The first-order valence-corrected chi connectivity index (χ1v) is 6.40. The van der Waals surface area contributed by atoms with Crippen LogP contribution < -0.4 is 4.74 Å². The second-order valence-corrected chi connectivity index (χ2v) is 4.62. The van der Waals surface area contributed by atoms with Crippen LogP contribution in [0.15, 0.2) is 36.5 Å². The van der Waals surface area contributed by atoms with Gasteiger partial charge in [-0.15, -0.1) is 0 Å². The first-order chi connectivity index (χ1) is 9.61. The highest BCUT2D eigenvalue weighted by molar-refractivity contribution is 6.31. The molecule has 0 amide bonds. The molecule has 0 aliphatic rings. The molecule has 0 atom stereocenters. The van der Waals surface area contributed by atoms with Crippen LogP contribution in [0.2, 0.25) is 5.02 Å². The van der Waals surface area contributed by atoms with Crippen molar-refractivity contribution >= 4 is 17.6 Å². The Hall–Kier alpha value is -2.07. The van der Waals surface area contributed by atoms with E-state index in [-0.39, 0.29) is 6.61 Å². The number of carbonyl (C=O) groups excluding carboxylic acids is 1. The van der Waals surface area contributed by atoms with Crippen molar-refractivity contribution in [1.29, 1.82) is 0 Å². The number of ether oxygens (including phenoxy) is 2. The van der Waals surface area contributed by atoms with Gasteiger partial charge in [0.1, 0.15) is 17.9 Å². The number of esters is 1. The minimum absolute atomic E-state index is 0.276. The predicted molar refractivity (Wildman–Crippen MR) is 76.1 cm³/mol. The molecule has 0 unspecified atom stereocenters. The summed E-state index contributed by atoms with van der Waals surface area (Å²) in [6.45, 7) is 2.23. The van der Waals surface area contributed by atoms with E-state index in [1.54, 1.807) is 18.3 Å². The summed E-state index contributed by atoms with van der Waals surface area (Å²) in [5, 5.41) is 0.451. The largest absolute Gasteiger partial charge is 0.486 e. The Labute approximate surface area is 122 Å². The molecule has 0 spiro atoms. The van der Waals surface area contributed by atoms with Crippen LogP contribution in [-0.2, 0) is 11.3 Å². The lowest BCUT2D eigenvalue weighted by Gasteiger charge is -2.11. The van der Waals surface area contributed by atoms with Crippen molar-refractivity contribution in [2.45, 2.75) is 13.5 Å². The van der Waals surface area contributed by atoms with E-state index in [0.717, 1.165) is 11.3 Å². The summed E-state index contributed by atoms with van der Waals surface area (Å²) < 4.78 is 10.4. The number of carbonyl (C=O) groups is 1. The Kier molecular flexibility index (Phi) is 4.58. The second-order valence-electron chi connectivity index (χ2n) is 4.19. The molecule has 0 radical (unpaired) electrons. The molecule has 2 aromatic rings. The van der Waals surface area contributed by atoms with E-state index >= 15 is 0 Å². The molecule has 1 aromatic heterocycles. The molecule has 20 heavy (non-hydrogen) atoms. The summed E-state index contributed by atoms with van der Waals surface area (Å²) in [5.41, 5.74) is 2.15. The van der Waals surface area contributed by atoms with Gasteiger partial charge < -0.3 is 9.47 Å². The molecule has 0 N–H and O–H groups in total. The average Bonchev–Trinajstić information content (AvgIpc) is 2.46. The van der Waals surface area contributed by atoms with Gasteiger partial charge in [0, 0.05) is 11.2 Å². The molecule has 1 heterocycles. The molecule has 0 aliphatic heterocycles. The first kappa shape index (κ1) is 14.3. The van der Waals surface area contributed by atoms with Crippen molar-refractivity contribution in [2.24, 2.45) is 0 Å². The quantitative estimate of drug-likeness (QED) is 0.810. The van der Waals surface area contributed by atoms with Crippen LogP contribution in [0.5, 0.6) is 5.75 Å². The van der Waals surface area contributed by atoms with Gasteiger partial charge in [-0.05, 0) is 36.8 Å². The number of hydrogen-bond donors (Lipinski definition) is 0. The van der Waals surface area contributed by atoms with E-state index in [1.807, 2.05) is 19.1 Å². The summed E-state index contributed by atoms with van der Waals surface area (Å²) in [4.78, 5) is 15.9. The number of benzene rings is 1. The lowest BCUT2D eigenvalue weighted by atomic mass is 10.2. The van der Waals surface area contributed by atoms with Crippen LogP contribution in [-0.4, -0.2) is 18.1 Å². The Balaban J connectivity index is 2.21. The summed E-state index contributed by atoms with van der Waals surface area (Å²) in [6.07, 6.45) is 1.70. The topological polar surface area (TPSA) is 48.4 Å². The van der Waals surface area contributed by atoms with Crippen LogP contribution in [0.25, 0.3) is 0 Å². The first-order valence-electron chi connectivity index (χ1n) is 6.03. The van der Waals surface area contributed by atoms with Crippen LogP contribution in [0.3, 0.4) is 0 Å². The third-order valence-electron chi connectivity index (χ3n) is 2.83. The zero-order valence-corrected chi connectivity index (χ0v) is 12.0. The van der Waals surface area contributed by atoms with Crippen molar-refractivity contribution in [3.63, 3.8) is 0 Å². The molecule has 0 bridgehead atoms. The highest BCUT2D eigenvalue weighted by Gasteiger charge is 2.14. The molecule has 0 aliphatic carbocycles. The summed E-state index contributed by atoms with van der Waals surface area (Å²) in [6, 6.07) is 8.64. The Morgan fingerprint density at radius 1 is 1.35 bits per heavy atom. The number of methoxy groups -OCH3 is 1. The standard InChI is InChI=1S/C15H14ClNO3/c1-10-4-3-7-17-13(10)9-20-14-6-5-11(16)8-12(14)15(18)19-2/h3-8H,9H2,1-2H3. The van der Waals surface area contributed by atoms with Crippen LogP contribution in [0, 0.1) is 6.92 Å². The molecule has 2 rings (SSSR count). The molecule has 104 valence electrons. The lowest BCUT2D eigenvalue weighted by Crippen LogP contribution is -2.07. The number of nitrogens with zero attached hydrogens (tertiary/aromatic N) is 1. The minimum Gasteiger partial charge on any atom is -0.486 e. The Bertz CT molecular complexity index is 628. The van der Waals surface area contributed by atoms with Crippen molar-refractivity contribution in [1.82, 2.24) is 4.98 Å². The van der Waals surface area contributed by atoms with Crippen molar-refractivity contribution in [2.75, 3.05) is 7.11 Å². The van der Waals surface area contributed by atoms with Crippen molar-refractivity contribution < 1.29 is 14.3 Å². The number of rotatable bonds is 4. The monoisotopic (exact) mass is 291 g/mol. The molecule has 4 nitrogen and oxygen atoms in total. The third-order valence-corrected chi connectivity index (χ3v) is 3.06. The van der Waals surface area contributed by atoms with E-state index in [9.17, 15) is 4.79 Å².